The fourth-order valence-corrected chi connectivity index (χ4v) is 2.58. The number of methoxy groups -OCH3 is 2. The van der Waals surface area contributed by atoms with Gasteiger partial charge in [0.1, 0.15) is 11.5 Å². The van der Waals surface area contributed by atoms with E-state index in [1.165, 1.54) is 5.56 Å². The molecule has 0 amide bonds. The number of benzene rings is 1. The van der Waals surface area contributed by atoms with Crippen molar-refractivity contribution in [1.29, 1.82) is 0 Å². The van der Waals surface area contributed by atoms with E-state index < -0.39 is 0 Å². The first kappa shape index (κ1) is 16.1. The molecule has 0 aromatic heterocycles. The lowest BCUT2D eigenvalue weighted by atomic mass is 9.88. The molecule has 0 fully saturated rings. The van der Waals surface area contributed by atoms with Crippen molar-refractivity contribution in [3.8, 4) is 11.5 Å². The molecule has 1 heterocycles. The number of rotatable bonds is 7. The van der Waals surface area contributed by atoms with Gasteiger partial charge in [0, 0.05) is 38.3 Å². The molecule has 0 saturated heterocycles. The van der Waals surface area contributed by atoms with Crippen molar-refractivity contribution >= 4 is 0 Å². The molecule has 1 aliphatic heterocycles. The third kappa shape index (κ3) is 4.35. The zero-order valence-electron chi connectivity index (χ0n) is 13.6. The van der Waals surface area contributed by atoms with Crippen molar-refractivity contribution in [3.63, 3.8) is 0 Å². The monoisotopic (exact) mass is 293 g/mol. The summed E-state index contributed by atoms with van der Waals surface area (Å²) in [6.07, 6.45) is 2.03. The van der Waals surface area contributed by atoms with Gasteiger partial charge < -0.3 is 19.5 Å². The molecule has 21 heavy (non-hydrogen) atoms. The molecule has 0 radical (unpaired) electrons. The van der Waals surface area contributed by atoms with Crippen LogP contribution in [0.3, 0.4) is 0 Å². The van der Waals surface area contributed by atoms with E-state index in [0.29, 0.717) is 6.04 Å². The van der Waals surface area contributed by atoms with E-state index in [0.717, 1.165) is 44.1 Å². The van der Waals surface area contributed by atoms with Gasteiger partial charge in [-0.1, -0.05) is 13.8 Å². The zero-order valence-corrected chi connectivity index (χ0v) is 13.6. The molecule has 1 aliphatic rings. The van der Waals surface area contributed by atoms with Crippen LogP contribution in [0.4, 0.5) is 0 Å². The van der Waals surface area contributed by atoms with E-state index in [1.807, 2.05) is 12.1 Å². The van der Waals surface area contributed by atoms with Crippen molar-refractivity contribution in [3.05, 3.63) is 23.8 Å². The average molecular weight is 293 g/mol. The normalized spacial score (nSPS) is 18.0. The maximum atomic E-state index is 5.73. The van der Waals surface area contributed by atoms with Gasteiger partial charge in [0.15, 0.2) is 0 Å². The van der Waals surface area contributed by atoms with Crippen LogP contribution in [0.2, 0.25) is 0 Å². The van der Waals surface area contributed by atoms with Gasteiger partial charge in [-0.05, 0) is 30.0 Å². The minimum absolute atomic E-state index is 0.216. The van der Waals surface area contributed by atoms with Crippen LogP contribution in [0.25, 0.3) is 0 Å². The van der Waals surface area contributed by atoms with E-state index in [2.05, 4.69) is 25.2 Å². The van der Waals surface area contributed by atoms with Crippen molar-refractivity contribution in [2.24, 2.45) is 5.41 Å². The van der Waals surface area contributed by atoms with E-state index in [4.69, 9.17) is 14.2 Å². The summed E-state index contributed by atoms with van der Waals surface area (Å²) in [7, 11) is 3.45. The van der Waals surface area contributed by atoms with Gasteiger partial charge in [-0.25, -0.2) is 0 Å². The molecule has 0 bridgehead atoms. The summed E-state index contributed by atoms with van der Waals surface area (Å²) in [4.78, 5) is 0. The van der Waals surface area contributed by atoms with E-state index in [-0.39, 0.29) is 5.41 Å². The molecule has 4 nitrogen and oxygen atoms in total. The topological polar surface area (TPSA) is 39.7 Å². The van der Waals surface area contributed by atoms with Gasteiger partial charge >= 0.3 is 0 Å². The maximum Gasteiger partial charge on any atom is 0.124 e. The Morgan fingerprint density at radius 1 is 1.33 bits per heavy atom. The van der Waals surface area contributed by atoms with Crippen LogP contribution in [-0.2, 0) is 4.74 Å². The standard InChI is InChI=1S/C17H27NO3/c1-17(2,8-10-19-3)12-18-15-7-9-21-16-6-5-13(20-4)11-14(15)16/h5-6,11,15,18H,7-10,12H2,1-4H3. The minimum Gasteiger partial charge on any atom is -0.497 e. The summed E-state index contributed by atoms with van der Waals surface area (Å²) in [6.45, 7) is 7.05. The summed E-state index contributed by atoms with van der Waals surface area (Å²) in [6, 6.07) is 6.35. The quantitative estimate of drug-likeness (QED) is 0.838. The van der Waals surface area contributed by atoms with Gasteiger partial charge in [0.25, 0.3) is 0 Å². The van der Waals surface area contributed by atoms with Gasteiger partial charge in [0.05, 0.1) is 13.7 Å². The molecule has 1 aromatic rings. The van der Waals surface area contributed by atoms with Crippen molar-refractivity contribution in [1.82, 2.24) is 5.32 Å². The molecular formula is C17H27NO3. The second kappa shape index (κ2) is 7.14. The fraction of sp³-hybridized carbons (Fsp3) is 0.647. The Bertz CT molecular complexity index is 459. The summed E-state index contributed by atoms with van der Waals surface area (Å²) in [5.74, 6) is 1.85. The summed E-state index contributed by atoms with van der Waals surface area (Å²) >= 11 is 0. The Morgan fingerprint density at radius 2 is 2.14 bits per heavy atom. The highest BCUT2D eigenvalue weighted by atomic mass is 16.5. The third-order valence-electron chi connectivity index (χ3n) is 4.07. The SMILES string of the molecule is COCCC(C)(C)CNC1CCOc2ccc(OC)cc21. The predicted octanol–water partition coefficient (Wildman–Crippen LogP) is 3.17. The maximum absolute atomic E-state index is 5.73. The van der Waals surface area contributed by atoms with Gasteiger partial charge in [-0.15, -0.1) is 0 Å². The smallest absolute Gasteiger partial charge is 0.124 e. The van der Waals surface area contributed by atoms with Gasteiger partial charge in [-0.2, -0.15) is 0 Å². The Morgan fingerprint density at radius 3 is 2.86 bits per heavy atom. The summed E-state index contributed by atoms with van der Waals surface area (Å²) < 4.78 is 16.3. The van der Waals surface area contributed by atoms with Crippen LogP contribution in [0.15, 0.2) is 18.2 Å². The molecule has 118 valence electrons. The van der Waals surface area contributed by atoms with Crippen LogP contribution in [0, 0.1) is 5.41 Å². The lowest BCUT2D eigenvalue weighted by Crippen LogP contribution is -2.35. The first-order valence-corrected chi connectivity index (χ1v) is 7.59. The highest BCUT2D eigenvalue weighted by molar-refractivity contribution is 5.43. The van der Waals surface area contributed by atoms with Gasteiger partial charge in [0.2, 0.25) is 0 Å². The van der Waals surface area contributed by atoms with Crippen LogP contribution in [-0.4, -0.2) is 34.0 Å². The first-order chi connectivity index (χ1) is 10.1. The van der Waals surface area contributed by atoms with Crippen molar-refractivity contribution < 1.29 is 14.2 Å². The number of hydrogen-bond acceptors (Lipinski definition) is 4. The lowest BCUT2D eigenvalue weighted by Gasteiger charge is -2.31. The second-order valence-electron chi connectivity index (χ2n) is 6.38. The Balaban J connectivity index is 2.02. The summed E-state index contributed by atoms with van der Waals surface area (Å²) in [5, 5.41) is 3.69. The molecule has 1 aromatic carbocycles. The zero-order chi connectivity index (χ0) is 15.3. The Labute approximate surface area is 127 Å². The predicted molar refractivity (Wildman–Crippen MR) is 84.1 cm³/mol. The van der Waals surface area contributed by atoms with Gasteiger partial charge in [-0.3, -0.25) is 0 Å². The molecule has 2 rings (SSSR count). The molecule has 0 aliphatic carbocycles. The largest absolute Gasteiger partial charge is 0.497 e. The second-order valence-corrected chi connectivity index (χ2v) is 6.38. The van der Waals surface area contributed by atoms with Crippen molar-refractivity contribution in [2.45, 2.75) is 32.7 Å². The lowest BCUT2D eigenvalue weighted by molar-refractivity contribution is 0.146. The van der Waals surface area contributed by atoms with Crippen LogP contribution < -0.4 is 14.8 Å². The number of nitrogens with one attached hydrogen (secondary N) is 1. The molecule has 1 N–H and O–H groups in total. The number of ether oxygens (including phenoxy) is 3. The highest BCUT2D eigenvalue weighted by Gasteiger charge is 2.25. The molecule has 0 spiro atoms. The Hall–Kier alpha value is -1.26. The van der Waals surface area contributed by atoms with E-state index in [1.54, 1.807) is 14.2 Å². The molecule has 0 saturated carbocycles. The third-order valence-corrected chi connectivity index (χ3v) is 4.07. The molecule has 4 heteroatoms. The Kier molecular flexibility index (Phi) is 5.48. The number of fused-ring (bicyclic) bond motifs is 1. The van der Waals surface area contributed by atoms with E-state index >= 15 is 0 Å². The minimum atomic E-state index is 0.216. The van der Waals surface area contributed by atoms with Crippen molar-refractivity contribution in [2.75, 3.05) is 34.0 Å². The molecule has 1 atom stereocenters. The fourth-order valence-electron chi connectivity index (χ4n) is 2.58. The first-order valence-electron chi connectivity index (χ1n) is 7.59. The summed E-state index contributed by atoms with van der Waals surface area (Å²) in [5.41, 5.74) is 1.41. The average Bonchev–Trinajstić information content (AvgIpc) is 2.50. The van der Waals surface area contributed by atoms with Crippen LogP contribution in [0.1, 0.15) is 38.3 Å². The molecule has 1 unspecified atom stereocenters. The number of hydrogen-bond donors (Lipinski definition) is 1. The van der Waals surface area contributed by atoms with E-state index in [9.17, 15) is 0 Å². The molecular weight excluding hydrogens is 266 g/mol. The van der Waals surface area contributed by atoms with Crippen LogP contribution >= 0.6 is 0 Å². The highest BCUT2D eigenvalue weighted by Crippen LogP contribution is 2.35. The van der Waals surface area contributed by atoms with Crippen LogP contribution in [0.5, 0.6) is 11.5 Å².